The van der Waals surface area contributed by atoms with E-state index in [0.717, 1.165) is 11.9 Å². The van der Waals surface area contributed by atoms with Gasteiger partial charge in [0.15, 0.2) is 0 Å². The first-order valence-corrected chi connectivity index (χ1v) is 7.31. The molecule has 0 N–H and O–H groups in total. The highest BCUT2D eigenvalue weighted by molar-refractivity contribution is 7.18. The number of para-hydroxylation sites is 1. The van der Waals surface area contributed by atoms with E-state index in [1.807, 2.05) is 6.07 Å². The maximum Gasteiger partial charge on any atom is 0.0944 e. The second-order valence-corrected chi connectivity index (χ2v) is 6.58. The normalized spacial score (nSPS) is 15.4. The number of fused-ring (bicyclic) bond motifs is 1. The van der Waals surface area contributed by atoms with Gasteiger partial charge in [0.05, 0.1) is 15.2 Å². The third kappa shape index (κ3) is 2.63. The Morgan fingerprint density at radius 2 is 2.06 bits per heavy atom. The van der Waals surface area contributed by atoms with Crippen molar-refractivity contribution >= 4 is 33.2 Å². The summed E-state index contributed by atoms with van der Waals surface area (Å²) in [7, 11) is 0. The Labute approximate surface area is 112 Å². The molecule has 1 aromatic heterocycles. The first-order valence-electron chi connectivity index (χ1n) is 5.95. The van der Waals surface area contributed by atoms with Crippen molar-refractivity contribution in [3.8, 4) is 0 Å². The molecule has 92 valence electrons. The van der Waals surface area contributed by atoms with Crippen LogP contribution in [0, 0.1) is 11.3 Å². The van der Waals surface area contributed by atoms with Crippen LogP contribution in [0.2, 0.25) is 0 Å². The fourth-order valence-electron chi connectivity index (χ4n) is 1.75. The van der Waals surface area contributed by atoms with Gasteiger partial charge in [-0.3, -0.25) is 0 Å². The van der Waals surface area contributed by atoms with Crippen molar-refractivity contribution < 1.29 is 0 Å². The monoisotopic (exact) mass is 267 g/mol. The first-order chi connectivity index (χ1) is 8.05. The van der Waals surface area contributed by atoms with Crippen molar-refractivity contribution in [3.63, 3.8) is 0 Å². The van der Waals surface area contributed by atoms with Crippen LogP contribution in [0.25, 0.3) is 10.2 Å². The van der Waals surface area contributed by atoms with Crippen LogP contribution in [-0.2, 0) is 6.42 Å². The van der Waals surface area contributed by atoms with Crippen LogP contribution >= 0.6 is 22.9 Å². The summed E-state index contributed by atoms with van der Waals surface area (Å²) in [6.07, 6.45) is 0.966. The number of nitrogens with zero attached hydrogens (tertiary/aromatic N) is 1. The van der Waals surface area contributed by atoms with E-state index >= 15 is 0 Å². The van der Waals surface area contributed by atoms with Gasteiger partial charge in [0.2, 0.25) is 0 Å². The smallest absolute Gasteiger partial charge is 0.0944 e. The zero-order valence-electron chi connectivity index (χ0n) is 10.5. The highest BCUT2D eigenvalue weighted by Crippen LogP contribution is 2.35. The molecule has 1 aromatic carbocycles. The van der Waals surface area contributed by atoms with Gasteiger partial charge in [0, 0.05) is 12.3 Å². The average molecular weight is 268 g/mol. The molecule has 0 aliphatic carbocycles. The third-order valence-electron chi connectivity index (χ3n) is 3.59. The highest BCUT2D eigenvalue weighted by Gasteiger charge is 2.29. The zero-order chi connectivity index (χ0) is 12.5. The molecule has 1 unspecified atom stereocenters. The minimum atomic E-state index is 0.134. The number of benzene rings is 1. The highest BCUT2D eigenvalue weighted by atomic mass is 35.5. The number of rotatable bonds is 4. The third-order valence-corrected chi connectivity index (χ3v) is 5.24. The predicted octanol–water partition coefficient (Wildman–Crippen LogP) is 4.74. The number of hydrogen-bond donors (Lipinski definition) is 0. The fourth-order valence-corrected chi connectivity index (χ4v) is 3.31. The van der Waals surface area contributed by atoms with E-state index in [1.165, 1.54) is 9.71 Å². The van der Waals surface area contributed by atoms with Crippen molar-refractivity contribution in [3.05, 3.63) is 29.3 Å². The number of alkyl halides is 1. The van der Waals surface area contributed by atoms with Crippen LogP contribution in [0.15, 0.2) is 24.3 Å². The molecule has 0 bridgehead atoms. The second kappa shape index (κ2) is 4.95. The Kier molecular flexibility index (Phi) is 3.74. The summed E-state index contributed by atoms with van der Waals surface area (Å²) in [5, 5.41) is 1.20. The first kappa shape index (κ1) is 12.8. The Morgan fingerprint density at radius 1 is 1.35 bits per heavy atom. The molecule has 0 amide bonds. The van der Waals surface area contributed by atoms with Crippen LogP contribution in [0.4, 0.5) is 0 Å². The van der Waals surface area contributed by atoms with Crippen LogP contribution in [-0.4, -0.2) is 10.9 Å². The maximum absolute atomic E-state index is 6.13. The van der Waals surface area contributed by atoms with Crippen molar-refractivity contribution in [2.24, 2.45) is 11.3 Å². The molecule has 0 radical (unpaired) electrons. The lowest BCUT2D eigenvalue weighted by Gasteiger charge is -2.30. The van der Waals surface area contributed by atoms with Crippen molar-refractivity contribution in [1.82, 2.24) is 4.98 Å². The maximum atomic E-state index is 6.13. The number of thiazole rings is 1. The number of aromatic nitrogens is 1. The van der Waals surface area contributed by atoms with Crippen molar-refractivity contribution in [1.29, 1.82) is 0 Å². The standard InChI is InChI=1S/C14H18ClNS/c1-10(2)14(3,9-15)8-13-16-11-6-4-5-7-12(11)17-13/h4-7,10H,8-9H2,1-3H3. The molecule has 2 rings (SSSR count). The van der Waals surface area contributed by atoms with Gasteiger partial charge in [-0.2, -0.15) is 0 Å². The molecule has 17 heavy (non-hydrogen) atoms. The number of hydrogen-bond acceptors (Lipinski definition) is 2. The van der Waals surface area contributed by atoms with Crippen molar-refractivity contribution in [2.45, 2.75) is 27.2 Å². The molecule has 0 saturated carbocycles. The molecule has 0 saturated heterocycles. The zero-order valence-corrected chi connectivity index (χ0v) is 12.1. The van der Waals surface area contributed by atoms with E-state index in [1.54, 1.807) is 11.3 Å². The molecule has 0 fully saturated rings. The Balaban J connectivity index is 2.29. The van der Waals surface area contributed by atoms with Gasteiger partial charge in [0.1, 0.15) is 0 Å². The van der Waals surface area contributed by atoms with Gasteiger partial charge in [-0.05, 0) is 23.5 Å². The van der Waals surface area contributed by atoms with Gasteiger partial charge in [-0.1, -0.05) is 32.9 Å². The van der Waals surface area contributed by atoms with E-state index in [4.69, 9.17) is 11.6 Å². The molecule has 1 atom stereocenters. The van der Waals surface area contributed by atoms with Crippen LogP contribution < -0.4 is 0 Å². The summed E-state index contributed by atoms with van der Waals surface area (Å²) in [5.74, 6) is 1.24. The fraction of sp³-hybridized carbons (Fsp3) is 0.500. The van der Waals surface area contributed by atoms with E-state index < -0.39 is 0 Å². The van der Waals surface area contributed by atoms with Gasteiger partial charge in [0.25, 0.3) is 0 Å². The van der Waals surface area contributed by atoms with Gasteiger partial charge >= 0.3 is 0 Å². The molecular formula is C14H18ClNS. The topological polar surface area (TPSA) is 12.9 Å². The molecule has 0 aliphatic heterocycles. The molecule has 1 heterocycles. The van der Waals surface area contributed by atoms with Gasteiger partial charge in [-0.15, -0.1) is 22.9 Å². The molecule has 3 heteroatoms. The minimum absolute atomic E-state index is 0.134. The minimum Gasteiger partial charge on any atom is -0.241 e. The van der Waals surface area contributed by atoms with Crippen LogP contribution in [0.3, 0.4) is 0 Å². The molecule has 0 aliphatic rings. The Morgan fingerprint density at radius 3 is 2.65 bits per heavy atom. The lowest BCUT2D eigenvalue weighted by Crippen LogP contribution is -2.28. The van der Waals surface area contributed by atoms with E-state index in [-0.39, 0.29) is 5.41 Å². The second-order valence-electron chi connectivity index (χ2n) is 5.19. The SMILES string of the molecule is CC(C)C(C)(CCl)Cc1nc2ccccc2s1. The largest absolute Gasteiger partial charge is 0.241 e. The quantitative estimate of drug-likeness (QED) is 0.729. The van der Waals surface area contributed by atoms with Gasteiger partial charge in [-0.25, -0.2) is 4.98 Å². The van der Waals surface area contributed by atoms with E-state index in [2.05, 4.69) is 44.0 Å². The van der Waals surface area contributed by atoms with Crippen molar-refractivity contribution in [2.75, 3.05) is 5.88 Å². The molecular weight excluding hydrogens is 250 g/mol. The lowest BCUT2D eigenvalue weighted by molar-refractivity contribution is 0.253. The van der Waals surface area contributed by atoms with E-state index in [0.29, 0.717) is 11.8 Å². The Bertz CT molecular complexity index is 473. The molecule has 0 spiro atoms. The number of halogens is 1. The summed E-state index contributed by atoms with van der Waals surface area (Å²) < 4.78 is 1.27. The van der Waals surface area contributed by atoms with Crippen LogP contribution in [0.1, 0.15) is 25.8 Å². The van der Waals surface area contributed by atoms with E-state index in [9.17, 15) is 0 Å². The van der Waals surface area contributed by atoms with Gasteiger partial charge < -0.3 is 0 Å². The lowest BCUT2D eigenvalue weighted by atomic mass is 9.78. The average Bonchev–Trinajstić information content (AvgIpc) is 2.70. The Hall–Kier alpha value is -0.600. The summed E-state index contributed by atoms with van der Waals surface area (Å²) in [6, 6.07) is 8.30. The summed E-state index contributed by atoms with van der Waals surface area (Å²) in [6.45, 7) is 6.71. The molecule has 2 aromatic rings. The predicted molar refractivity (Wildman–Crippen MR) is 77.0 cm³/mol. The summed E-state index contributed by atoms with van der Waals surface area (Å²) in [5.41, 5.74) is 1.24. The molecule has 1 nitrogen and oxygen atoms in total. The summed E-state index contributed by atoms with van der Waals surface area (Å²) in [4.78, 5) is 4.69. The summed E-state index contributed by atoms with van der Waals surface area (Å²) >= 11 is 7.92. The van der Waals surface area contributed by atoms with Crippen LogP contribution in [0.5, 0.6) is 0 Å².